The lowest BCUT2D eigenvalue weighted by molar-refractivity contribution is -0.138. The summed E-state index contributed by atoms with van der Waals surface area (Å²) in [6.07, 6.45) is 1.41. The van der Waals surface area contributed by atoms with Crippen molar-refractivity contribution in [3.05, 3.63) is 31.2 Å². The standard InChI is InChI=1S/C20H26Cl4N4O4/c1-6-10(29)28(25-9-7-19(2,3)27-20(4,5)8-9)26-17(30)11-12(18(31)32)14(22)16(24)15(23)13(11)21/h9,25,27H,6-8H2,1-5H3,(H,26,30)(H,31,32). The Morgan fingerprint density at radius 3 is 1.88 bits per heavy atom. The van der Waals surface area contributed by atoms with Gasteiger partial charge in [0.15, 0.2) is 0 Å². The number of carbonyl (C=O) groups excluding carboxylic acids is 2. The fraction of sp³-hybridized carbons (Fsp3) is 0.550. The van der Waals surface area contributed by atoms with Crippen LogP contribution in [-0.4, -0.2) is 45.1 Å². The first kappa shape index (κ1) is 27.0. The summed E-state index contributed by atoms with van der Waals surface area (Å²) in [5.41, 5.74) is 3.90. The van der Waals surface area contributed by atoms with Crippen molar-refractivity contribution in [3.63, 3.8) is 0 Å². The Bertz CT molecular complexity index is 936. The highest BCUT2D eigenvalue weighted by molar-refractivity contribution is 6.54. The Hall–Kier alpha value is -1.29. The molecule has 178 valence electrons. The molecule has 0 atom stereocenters. The summed E-state index contributed by atoms with van der Waals surface area (Å²) in [5, 5.41) is 12.7. The number of halogens is 4. The quantitative estimate of drug-likeness (QED) is 0.251. The molecule has 1 aliphatic heterocycles. The third-order valence-electron chi connectivity index (χ3n) is 4.98. The topological polar surface area (TPSA) is 111 Å². The molecule has 2 amide bonds. The summed E-state index contributed by atoms with van der Waals surface area (Å²) in [5.74, 6) is -2.94. The average Bonchev–Trinajstić information content (AvgIpc) is 2.64. The SMILES string of the molecule is CCC(=O)N(NC(=O)c1c(Cl)c(Cl)c(Cl)c(Cl)c1C(=O)O)NC1CC(C)(C)NC(C)(C)C1. The molecule has 32 heavy (non-hydrogen) atoms. The van der Waals surface area contributed by atoms with Crippen LogP contribution in [0.25, 0.3) is 0 Å². The third kappa shape index (κ3) is 5.98. The molecule has 12 heteroatoms. The molecule has 0 aromatic heterocycles. The van der Waals surface area contributed by atoms with E-state index in [1.165, 1.54) is 0 Å². The van der Waals surface area contributed by atoms with Gasteiger partial charge in [0.05, 0.1) is 31.2 Å². The highest BCUT2D eigenvalue weighted by Gasteiger charge is 2.39. The van der Waals surface area contributed by atoms with Crippen LogP contribution in [0.4, 0.5) is 0 Å². The number of hydrogen-bond acceptors (Lipinski definition) is 5. The van der Waals surface area contributed by atoms with E-state index in [4.69, 9.17) is 46.4 Å². The lowest BCUT2D eigenvalue weighted by Gasteiger charge is -2.47. The first-order valence-corrected chi connectivity index (χ1v) is 11.4. The minimum Gasteiger partial charge on any atom is -0.478 e. The number of carbonyl (C=O) groups is 3. The van der Waals surface area contributed by atoms with Crippen molar-refractivity contribution in [1.29, 1.82) is 0 Å². The number of nitrogens with one attached hydrogen (secondary N) is 3. The van der Waals surface area contributed by atoms with Crippen LogP contribution in [0.5, 0.6) is 0 Å². The molecule has 0 saturated carbocycles. The van der Waals surface area contributed by atoms with Gasteiger partial charge in [0.25, 0.3) is 11.8 Å². The second-order valence-corrected chi connectivity index (χ2v) is 10.5. The van der Waals surface area contributed by atoms with Crippen molar-refractivity contribution in [2.24, 2.45) is 0 Å². The van der Waals surface area contributed by atoms with E-state index in [2.05, 4.69) is 16.2 Å². The zero-order valence-corrected chi connectivity index (χ0v) is 21.4. The van der Waals surface area contributed by atoms with Crippen LogP contribution in [0.3, 0.4) is 0 Å². The number of carboxylic acids is 1. The molecule has 0 aliphatic carbocycles. The van der Waals surface area contributed by atoms with Gasteiger partial charge >= 0.3 is 5.97 Å². The molecule has 1 aromatic carbocycles. The minimum atomic E-state index is -1.52. The average molecular weight is 528 g/mol. The summed E-state index contributed by atoms with van der Waals surface area (Å²) in [4.78, 5) is 37.4. The number of rotatable bonds is 5. The number of aromatic carboxylic acids is 1. The van der Waals surface area contributed by atoms with Crippen LogP contribution in [0.1, 0.15) is 74.6 Å². The summed E-state index contributed by atoms with van der Waals surface area (Å²) in [7, 11) is 0. The Kier molecular flexibility index (Phi) is 8.35. The van der Waals surface area contributed by atoms with Gasteiger partial charge in [-0.3, -0.25) is 9.59 Å². The van der Waals surface area contributed by atoms with E-state index in [9.17, 15) is 19.5 Å². The number of amides is 2. The largest absolute Gasteiger partial charge is 0.478 e. The van der Waals surface area contributed by atoms with Crippen molar-refractivity contribution in [2.45, 2.75) is 71.0 Å². The molecule has 0 bridgehead atoms. The van der Waals surface area contributed by atoms with Crippen molar-refractivity contribution in [3.8, 4) is 0 Å². The van der Waals surface area contributed by atoms with E-state index in [-0.39, 0.29) is 38.6 Å². The van der Waals surface area contributed by atoms with Crippen LogP contribution in [0, 0.1) is 0 Å². The minimum absolute atomic E-state index is 0.0761. The highest BCUT2D eigenvalue weighted by atomic mass is 35.5. The zero-order valence-electron chi connectivity index (χ0n) is 18.3. The molecule has 0 spiro atoms. The number of hydrazine groups is 2. The predicted molar refractivity (Wildman–Crippen MR) is 125 cm³/mol. The molecule has 1 fully saturated rings. The molecule has 1 saturated heterocycles. The van der Waals surface area contributed by atoms with Crippen molar-refractivity contribution < 1.29 is 19.5 Å². The van der Waals surface area contributed by atoms with Gasteiger partial charge in [0.2, 0.25) is 0 Å². The fourth-order valence-electron chi connectivity index (χ4n) is 4.12. The maximum atomic E-state index is 13.1. The van der Waals surface area contributed by atoms with Gasteiger partial charge in [-0.05, 0) is 40.5 Å². The van der Waals surface area contributed by atoms with Crippen molar-refractivity contribution >= 4 is 64.2 Å². The maximum absolute atomic E-state index is 13.1. The lowest BCUT2D eigenvalue weighted by Crippen LogP contribution is -2.65. The number of piperidine rings is 1. The van der Waals surface area contributed by atoms with E-state index in [1.54, 1.807) is 6.92 Å². The van der Waals surface area contributed by atoms with Crippen LogP contribution in [0.15, 0.2) is 0 Å². The van der Waals surface area contributed by atoms with Gasteiger partial charge in [-0.15, -0.1) is 0 Å². The Labute approximate surface area is 206 Å². The van der Waals surface area contributed by atoms with Gasteiger partial charge in [0.1, 0.15) is 0 Å². The zero-order chi connectivity index (χ0) is 24.6. The van der Waals surface area contributed by atoms with Crippen molar-refractivity contribution in [1.82, 2.24) is 21.3 Å². The van der Waals surface area contributed by atoms with E-state index < -0.39 is 33.9 Å². The molecule has 1 aromatic rings. The van der Waals surface area contributed by atoms with Gasteiger partial charge in [-0.2, -0.15) is 5.12 Å². The lowest BCUT2D eigenvalue weighted by atomic mass is 9.80. The first-order chi connectivity index (χ1) is 14.6. The normalized spacial score (nSPS) is 17.7. The Balaban J connectivity index is 2.40. The van der Waals surface area contributed by atoms with Gasteiger partial charge < -0.3 is 10.4 Å². The first-order valence-electron chi connectivity index (χ1n) is 9.89. The third-order valence-corrected chi connectivity index (χ3v) is 6.78. The summed E-state index contributed by atoms with van der Waals surface area (Å²) < 4.78 is 0. The predicted octanol–water partition coefficient (Wildman–Crippen LogP) is 4.70. The summed E-state index contributed by atoms with van der Waals surface area (Å²) in [6.45, 7) is 9.81. The van der Waals surface area contributed by atoms with Crippen LogP contribution >= 0.6 is 46.4 Å². The molecule has 0 unspecified atom stereocenters. The molecule has 8 nitrogen and oxygen atoms in total. The van der Waals surface area contributed by atoms with Crippen molar-refractivity contribution in [2.75, 3.05) is 0 Å². The molecule has 1 heterocycles. The number of benzene rings is 1. The van der Waals surface area contributed by atoms with E-state index >= 15 is 0 Å². The summed E-state index contributed by atoms with van der Waals surface area (Å²) in [6, 6.07) is -0.163. The van der Waals surface area contributed by atoms with Crippen LogP contribution < -0.4 is 16.2 Å². The number of carboxylic acid groups (broad SMARTS) is 1. The maximum Gasteiger partial charge on any atom is 0.338 e. The monoisotopic (exact) mass is 526 g/mol. The fourth-order valence-corrected chi connectivity index (χ4v) is 5.14. The van der Waals surface area contributed by atoms with E-state index in [1.807, 2.05) is 27.7 Å². The smallest absolute Gasteiger partial charge is 0.338 e. The molecular formula is C20H26Cl4N4O4. The molecule has 4 N–H and O–H groups in total. The van der Waals surface area contributed by atoms with Crippen LogP contribution in [0.2, 0.25) is 20.1 Å². The molecule has 1 aliphatic rings. The molecule has 0 radical (unpaired) electrons. The Morgan fingerprint density at radius 2 is 1.44 bits per heavy atom. The summed E-state index contributed by atoms with van der Waals surface area (Å²) >= 11 is 24.1. The second kappa shape index (κ2) is 9.91. The van der Waals surface area contributed by atoms with Crippen LogP contribution in [-0.2, 0) is 4.79 Å². The van der Waals surface area contributed by atoms with Gasteiger partial charge in [-0.1, -0.05) is 53.3 Å². The Morgan fingerprint density at radius 1 is 0.969 bits per heavy atom. The van der Waals surface area contributed by atoms with E-state index in [0.717, 1.165) is 5.12 Å². The second-order valence-electron chi connectivity index (χ2n) is 8.96. The number of nitrogens with zero attached hydrogens (tertiary/aromatic N) is 1. The van der Waals surface area contributed by atoms with E-state index in [0.29, 0.717) is 12.8 Å². The molecular weight excluding hydrogens is 502 g/mol. The van der Waals surface area contributed by atoms with Gasteiger partial charge in [0, 0.05) is 23.5 Å². The number of hydrogen-bond donors (Lipinski definition) is 4. The van der Waals surface area contributed by atoms with Gasteiger partial charge in [-0.25, -0.2) is 15.6 Å². The molecule has 2 rings (SSSR count). The highest BCUT2D eigenvalue weighted by Crippen LogP contribution is 2.41.